The molecule has 0 saturated carbocycles. The lowest BCUT2D eigenvalue weighted by atomic mass is 10.2. The van der Waals surface area contributed by atoms with Gasteiger partial charge < -0.3 is 4.74 Å². The van der Waals surface area contributed by atoms with E-state index >= 15 is 0 Å². The van der Waals surface area contributed by atoms with Gasteiger partial charge in [-0.05, 0) is 26.7 Å². The largest absolute Gasteiger partial charge is 0.364 e. The van der Waals surface area contributed by atoms with E-state index in [4.69, 9.17) is 4.74 Å². The molecule has 0 aromatic heterocycles. The number of rotatable bonds is 7. The second-order valence-electron chi connectivity index (χ2n) is 2.85. The Morgan fingerprint density at radius 3 is 2.58 bits per heavy atom. The van der Waals surface area contributed by atoms with Crippen LogP contribution >= 0.6 is 0 Å². The fourth-order valence-corrected chi connectivity index (χ4v) is 0.956. The lowest BCUT2D eigenvalue weighted by Crippen LogP contribution is -2.30. The van der Waals surface area contributed by atoms with Crippen LogP contribution in [0.15, 0.2) is 0 Å². The second-order valence-corrected chi connectivity index (χ2v) is 2.85. The smallest absolute Gasteiger partial charge is 0.105 e. The molecule has 3 heteroatoms. The number of alkyl halides is 1. The van der Waals surface area contributed by atoms with Crippen molar-refractivity contribution in [2.75, 3.05) is 13.2 Å². The quantitative estimate of drug-likeness (QED) is 0.601. The summed E-state index contributed by atoms with van der Waals surface area (Å²) in [5, 5.41) is 3.09. The van der Waals surface area contributed by atoms with Gasteiger partial charge in [-0.2, -0.15) is 0 Å². The molecule has 0 aromatic rings. The predicted octanol–water partition coefficient (Wildman–Crippen LogP) is 2.10. The molecule has 0 heterocycles. The lowest BCUT2D eigenvalue weighted by Gasteiger charge is -2.14. The van der Waals surface area contributed by atoms with Gasteiger partial charge in [-0.3, -0.25) is 5.32 Å². The van der Waals surface area contributed by atoms with Crippen molar-refractivity contribution in [3.8, 4) is 0 Å². The van der Waals surface area contributed by atoms with Crippen LogP contribution in [-0.4, -0.2) is 25.6 Å². The van der Waals surface area contributed by atoms with Crippen LogP contribution in [0.2, 0.25) is 0 Å². The molecule has 0 aliphatic rings. The molecule has 0 aliphatic carbocycles. The van der Waals surface area contributed by atoms with Crippen LogP contribution < -0.4 is 5.32 Å². The van der Waals surface area contributed by atoms with Crippen LogP contribution in [0.3, 0.4) is 0 Å². The number of nitrogens with one attached hydrogen (secondary N) is 1. The zero-order valence-corrected chi connectivity index (χ0v) is 8.27. The summed E-state index contributed by atoms with van der Waals surface area (Å²) in [6.07, 6.45) is 0.545. The van der Waals surface area contributed by atoms with Crippen molar-refractivity contribution >= 4 is 0 Å². The first-order valence-corrected chi connectivity index (χ1v) is 4.69. The zero-order chi connectivity index (χ0) is 9.40. The molecule has 0 spiro atoms. The van der Waals surface area contributed by atoms with Crippen LogP contribution in [0.1, 0.15) is 33.6 Å². The Bertz CT molecular complexity index is 101. The maximum Gasteiger partial charge on any atom is 0.105 e. The summed E-state index contributed by atoms with van der Waals surface area (Å²) in [7, 11) is 0. The first kappa shape index (κ1) is 11.8. The molecule has 74 valence electrons. The van der Waals surface area contributed by atoms with Gasteiger partial charge >= 0.3 is 0 Å². The van der Waals surface area contributed by atoms with E-state index in [9.17, 15) is 4.39 Å². The third-order valence-corrected chi connectivity index (χ3v) is 1.75. The van der Waals surface area contributed by atoms with Crippen molar-refractivity contribution < 1.29 is 9.13 Å². The summed E-state index contributed by atoms with van der Waals surface area (Å²) in [4.78, 5) is 0. The standard InChI is InChI=1S/C9H20FNO/c1-4-9(10)6-7-11-8(3)12-5-2/h8-9,11H,4-7H2,1-3H3/t8-,9-/m0/s1. The summed E-state index contributed by atoms with van der Waals surface area (Å²) < 4.78 is 17.9. The molecule has 1 N–H and O–H groups in total. The van der Waals surface area contributed by atoms with Crippen LogP contribution in [0.5, 0.6) is 0 Å². The second kappa shape index (κ2) is 7.50. The van der Waals surface area contributed by atoms with E-state index in [0.29, 0.717) is 26.0 Å². The Kier molecular flexibility index (Phi) is 7.40. The maximum absolute atomic E-state index is 12.7. The van der Waals surface area contributed by atoms with Gasteiger partial charge in [0.1, 0.15) is 12.4 Å². The van der Waals surface area contributed by atoms with Crippen molar-refractivity contribution in [2.24, 2.45) is 0 Å². The van der Waals surface area contributed by atoms with Gasteiger partial charge in [0.25, 0.3) is 0 Å². The molecular formula is C9H20FNO. The molecule has 0 bridgehead atoms. The van der Waals surface area contributed by atoms with Gasteiger partial charge in [-0.25, -0.2) is 4.39 Å². The summed E-state index contributed by atoms with van der Waals surface area (Å²) in [6.45, 7) is 7.12. The summed E-state index contributed by atoms with van der Waals surface area (Å²) in [5.41, 5.74) is 0. The number of halogens is 1. The molecule has 0 fully saturated rings. The Balaban J connectivity index is 3.18. The SMILES string of the molecule is CCO[C@@H](C)NCC[C@@H](F)CC. The third-order valence-electron chi connectivity index (χ3n) is 1.75. The Hall–Kier alpha value is -0.150. The topological polar surface area (TPSA) is 21.3 Å². The third kappa shape index (κ3) is 6.55. The maximum atomic E-state index is 12.7. The van der Waals surface area contributed by atoms with E-state index < -0.39 is 6.17 Å². The van der Waals surface area contributed by atoms with Gasteiger partial charge in [-0.1, -0.05) is 6.92 Å². The monoisotopic (exact) mass is 177 g/mol. The van der Waals surface area contributed by atoms with Gasteiger partial charge in [-0.15, -0.1) is 0 Å². The van der Waals surface area contributed by atoms with Crippen LogP contribution in [-0.2, 0) is 4.74 Å². The minimum absolute atomic E-state index is 0.0408. The van der Waals surface area contributed by atoms with Crippen LogP contribution in [0.4, 0.5) is 4.39 Å². The normalized spacial score (nSPS) is 16.0. The van der Waals surface area contributed by atoms with E-state index in [-0.39, 0.29) is 6.23 Å². The molecule has 0 aliphatic heterocycles. The van der Waals surface area contributed by atoms with E-state index in [1.165, 1.54) is 0 Å². The number of hydrogen-bond acceptors (Lipinski definition) is 2. The fraction of sp³-hybridized carbons (Fsp3) is 1.00. The minimum atomic E-state index is -0.675. The molecule has 0 unspecified atom stereocenters. The molecule has 0 rings (SSSR count). The average Bonchev–Trinajstić information content (AvgIpc) is 2.04. The van der Waals surface area contributed by atoms with E-state index in [1.807, 2.05) is 20.8 Å². The van der Waals surface area contributed by atoms with E-state index in [1.54, 1.807) is 0 Å². The molecule has 0 radical (unpaired) electrons. The van der Waals surface area contributed by atoms with Crippen molar-refractivity contribution in [1.82, 2.24) is 5.32 Å². The molecular weight excluding hydrogens is 157 g/mol. The molecule has 2 nitrogen and oxygen atoms in total. The summed E-state index contributed by atoms with van der Waals surface area (Å²) in [6, 6.07) is 0. The van der Waals surface area contributed by atoms with Crippen LogP contribution in [0, 0.1) is 0 Å². The number of ether oxygens (including phenoxy) is 1. The first-order chi connectivity index (χ1) is 5.70. The van der Waals surface area contributed by atoms with Crippen molar-refractivity contribution in [3.63, 3.8) is 0 Å². The Morgan fingerprint density at radius 2 is 2.08 bits per heavy atom. The highest BCUT2D eigenvalue weighted by atomic mass is 19.1. The molecule has 0 amide bonds. The minimum Gasteiger partial charge on any atom is -0.364 e. The average molecular weight is 177 g/mol. The van der Waals surface area contributed by atoms with E-state index in [0.717, 1.165) is 0 Å². The van der Waals surface area contributed by atoms with Crippen molar-refractivity contribution in [3.05, 3.63) is 0 Å². The van der Waals surface area contributed by atoms with Crippen molar-refractivity contribution in [1.29, 1.82) is 0 Å². The highest BCUT2D eigenvalue weighted by Gasteiger charge is 2.03. The lowest BCUT2D eigenvalue weighted by molar-refractivity contribution is 0.0505. The Labute approximate surface area is 74.5 Å². The van der Waals surface area contributed by atoms with Crippen LogP contribution in [0.25, 0.3) is 0 Å². The van der Waals surface area contributed by atoms with E-state index in [2.05, 4.69) is 5.32 Å². The zero-order valence-electron chi connectivity index (χ0n) is 8.27. The fourth-order valence-electron chi connectivity index (χ4n) is 0.956. The Morgan fingerprint density at radius 1 is 1.42 bits per heavy atom. The summed E-state index contributed by atoms with van der Waals surface area (Å²) in [5.74, 6) is 0. The predicted molar refractivity (Wildman–Crippen MR) is 48.9 cm³/mol. The van der Waals surface area contributed by atoms with Crippen molar-refractivity contribution in [2.45, 2.75) is 46.0 Å². The van der Waals surface area contributed by atoms with Gasteiger partial charge in [0.2, 0.25) is 0 Å². The molecule has 0 saturated heterocycles. The summed E-state index contributed by atoms with van der Waals surface area (Å²) >= 11 is 0. The van der Waals surface area contributed by atoms with Gasteiger partial charge in [0, 0.05) is 13.2 Å². The van der Waals surface area contributed by atoms with Gasteiger partial charge in [0.05, 0.1) is 0 Å². The van der Waals surface area contributed by atoms with Gasteiger partial charge in [0.15, 0.2) is 0 Å². The highest BCUT2D eigenvalue weighted by molar-refractivity contribution is 4.56. The molecule has 2 atom stereocenters. The number of hydrogen-bond donors (Lipinski definition) is 1. The molecule has 0 aromatic carbocycles. The highest BCUT2D eigenvalue weighted by Crippen LogP contribution is 2.00. The first-order valence-electron chi connectivity index (χ1n) is 4.69. The molecule has 12 heavy (non-hydrogen) atoms.